The number of rotatable bonds is 9. The highest BCUT2D eigenvalue weighted by Crippen LogP contribution is 2.64. The van der Waals surface area contributed by atoms with E-state index in [1.54, 1.807) is 38.5 Å². The van der Waals surface area contributed by atoms with Gasteiger partial charge in [0.05, 0.1) is 44.3 Å². The normalized spacial score (nSPS) is 24.6. The second-order valence-electron chi connectivity index (χ2n) is 15.8. The molecule has 2 amide bonds. The number of benzene rings is 5. The number of fused-ring (bicyclic) bond motifs is 4. The maximum atomic E-state index is 15.3. The van der Waals surface area contributed by atoms with Gasteiger partial charge in [0.15, 0.2) is 23.1 Å². The predicted octanol–water partition coefficient (Wildman–Crippen LogP) is 8.62. The monoisotopic (exact) mass is 797 g/mol. The van der Waals surface area contributed by atoms with Gasteiger partial charge < -0.3 is 19.3 Å². The Morgan fingerprint density at radius 3 is 2.13 bits per heavy atom. The smallest absolute Gasteiger partial charge is 0.238 e. The summed E-state index contributed by atoms with van der Waals surface area (Å²) in [6.07, 6.45) is 7.84. The molecule has 5 aromatic rings. The van der Waals surface area contributed by atoms with Crippen molar-refractivity contribution in [1.29, 1.82) is 0 Å². The number of ether oxygens (including phenoxy) is 3. The van der Waals surface area contributed by atoms with Crippen molar-refractivity contribution in [3.8, 4) is 23.0 Å². The fourth-order valence-electron chi connectivity index (χ4n) is 10.3. The van der Waals surface area contributed by atoms with Crippen LogP contribution >= 0.6 is 0 Å². The quantitative estimate of drug-likeness (QED) is 0.0895. The zero-order valence-corrected chi connectivity index (χ0v) is 33.4. The first kappa shape index (κ1) is 38.5. The van der Waals surface area contributed by atoms with Crippen molar-refractivity contribution in [3.05, 3.63) is 167 Å². The molecular weight excluding hydrogens is 755 g/mol. The number of hydrogen-bond donors (Lipinski definition) is 1. The number of carbonyl (C=O) groups is 4. The van der Waals surface area contributed by atoms with Crippen LogP contribution in [0.25, 0.3) is 17.7 Å². The van der Waals surface area contributed by atoms with Gasteiger partial charge in [-0.15, -0.1) is 0 Å². The van der Waals surface area contributed by atoms with Gasteiger partial charge in [0.1, 0.15) is 11.5 Å². The topological polar surface area (TPSA) is 119 Å². The standard InChI is InChI=1S/C51H43NO8/c1-58-36-21-25-43(59-2)32(26-36)17-14-30-15-19-35(20-16-30)52-49(56)38-23-22-37-40(46(38)50(52)57)28-41-48(55)39(31-10-6-4-7-11-31)29-45(54)51(41,34-12-8-5-9-13-34)47(37)33-18-24-42(53)44(27-33)60-3/h4-22,24-27,29,38,40-41,46-47,53H,23,28H2,1-3H3/t38-,40+,41-,46-,47-,51-/m0/s1. The highest BCUT2D eigenvalue weighted by atomic mass is 16.5. The minimum Gasteiger partial charge on any atom is -0.504 e. The van der Waals surface area contributed by atoms with Crippen molar-refractivity contribution in [3.63, 3.8) is 0 Å². The fraction of sp³-hybridized carbons (Fsp3) is 0.216. The zero-order chi connectivity index (χ0) is 41.7. The average molecular weight is 798 g/mol. The zero-order valence-electron chi connectivity index (χ0n) is 33.4. The van der Waals surface area contributed by atoms with Crippen LogP contribution in [0.1, 0.15) is 46.6 Å². The third-order valence-corrected chi connectivity index (χ3v) is 13.0. The third-order valence-electron chi connectivity index (χ3n) is 13.0. The van der Waals surface area contributed by atoms with E-state index in [9.17, 15) is 14.7 Å². The lowest BCUT2D eigenvalue weighted by Gasteiger charge is -2.55. The third kappa shape index (κ3) is 6.06. The first-order valence-corrected chi connectivity index (χ1v) is 20.1. The summed E-state index contributed by atoms with van der Waals surface area (Å²) in [6, 6.07) is 36.4. The molecule has 0 bridgehead atoms. The molecule has 1 saturated carbocycles. The molecule has 5 aromatic carbocycles. The molecule has 1 saturated heterocycles. The number of phenols is 1. The second-order valence-corrected chi connectivity index (χ2v) is 15.8. The van der Waals surface area contributed by atoms with Crippen LogP contribution in [0, 0.1) is 23.7 Å². The summed E-state index contributed by atoms with van der Waals surface area (Å²) in [7, 11) is 4.68. The summed E-state index contributed by atoms with van der Waals surface area (Å²) in [5.41, 5.74) is 3.90. The maximum absolute atomic E-state index is 15.3. The predicted molar refractivity (Wildman–Crippen MR) is 229 cm³/mol. The van der Waals surface area contributed by atoms with E-state index in [4.69, 9.17) is 14.2 Å². The number of ketones is 2. The molecule has 9 rings (SSSR count). The van der Waals surface area contributed by atoms with Crippen molar-refractivity contribution >= 4 is 46.8 Å². The van der Waals surface area contributed by atoms with Crippen LogP contribution in [0.3, 0.4) is 0 Å². The molecule has 3 aliphatic carbocycles. The Morgan fingerprint density at radius 1 is 0.717 bits per heavy atom. The van der Waals surface area contributed by atoms with E-state index in [1.807, 2.05) is 109 Å². The lowest BCUT2D eigenvalue weighted by Crippen LogP contribution is -2.58. The van der Waals surface area contributed by atoms with Crippen LogP contribution in [0.2, 0.25) is 0 Å². The van der Waals surface area contributed by atoms with Gasteiger partial charge in [-0.3, -0.25) is 24.1 Å². The van der Waals surface area contributed by atoms with Gasteiger partial charge in [-0.25, -0.2) is 0 Å². The summed E-state index contributed by atoms with van der Waals surface area (Å²) < 4.78 is 16.5. The fourth-order valence-corrected chi connectivity index (χ4v) is 10.3. The minimum atomic E-state index is -1.39. The van der Waals surface area contributed by atoms with Crippen LogP contribution in [0.5, 0.6) is 23.0 Å². The van der Waals surface area contributed by atoms with Crippen molar-refractivity contribution in [2.75, 3.05) is 26.2 Å². The van der Waals surface area contributed by atoms with Crippen LogP contribution in [0.15, 0.2) is 139 Å². The van der Waals surface area contributed by atoms with Gasteiger partial charge >= 0.3 is 0 Å². The Balaban J connectivity index is 1.13. The SMILES string of the molecule is COc1ccc(OC)c(C=Cc2ccc(N3C(=O)[C@H]4[C@H](CC=C5[C@H]4C[C@H]4C(=O)C(c6ccccc6)=CC(=O)[C@@]4(c4ccccc4)[C@H]5c4ccc(O)c(OC)c4)C3=O)cc2)c1. The van der Waals surface area contributed by atoms with Gasteiger partial charge in [0, 0.05) is 23.0 Å². The number of carbonyl (C=O) groups excluding carboxylic acids is 4. The maximum Gasteiger partial charge on any atom is 0.238 e. The Hall–Kier alpha value is -7.00. The van der Waals surface area contributed by atoms with E-state index in [0.717, 1.165) is 16.7 Å². The molecule has 6 atom stereocenters. The first-order chi connectivity index (χ1) is 29.2. The van der Waals surface area contributed by atoms with E-state index < -0.39 is 35.0 Å². The van der Waals surface area contributed by atoms with Gasteiger partial charge in [-0.1, -0.05) is 103 Å². The van der Waals surface area contributed by atoms with E-state index in [-0.39, 0.29) is 47.7 Å². The molecule has 1 N–H and O–H groups in total. The molecular formula is C51H43NO8. The Labute approximate surface area is 348 Å². The average Bonchev–Trinajstić information content (AvgIpc) is 3.55. The van der Waals surface area contributed by atoms with Crippen molar-refractivity contribution in [1.82, 2.24) is 0 Å². The van der Waals surface area contributed by atoms with Gasteiger partial charge in [-0.2, -0.15) is 0 Å². The lowest BCUT2D eigenvalue weighted by atomic mass is 9.44. The Morgan fingerprint density at radius 2 is 1.43 bits per heavy atom. The molecule has 60 heavy (non-hydrogen) atoms. The van der Waals surface area contributed by atoms with Gasteiger partial charge in [-0.05, 0) is 89.6 Å². The van der Waals surface area contributed by atoms with E-state index in [1.165, 1.54) is 24.2 Å². The number of methoxy groups -OCH3 is 3. The van der Waals surface area contributed by atoms with Crippen LogP contribution in [-0.2, 0) is 24.6 Å². The van der Waals surface area contributed by atoms with Crippen molar-refractivity contribution in [2.45, 2.75) is 24.2 Å². The number of phenolic OH excluding ortho intramolecular Hbond substituents is 1. The molecule has 0 spiro atoms. The highest BCUT2D eigenvalue weighted by Gasteiger charge is 2.66. The molecule has 9 heteroatoms. The van der Waals surface area contributed by atoms with Gasteiger partial charge in [0.2, 0.25) is 11.8 Å². The molecule has 4 aliphatic rings. The number of Topliss-reactive ketones (excluding diaryl/α,β-unsaturated/α-hetero) is 1. The van der Waals surface area contributed by atoms with Crippen LogP contribution in [0.4, 0.5) is 5.69 Å². The number of amides is 2. The Kier molecular flexibility index (Phi) is 9.83. The minimum absolute atomic E-state index is 0.0670. The molecule has 0 radical (unpaired) electrons. The first-order valence-electron chi connectivity index (χ1n) is 20.1. The summed E-state index contributed by atoms with van der Waals surface area (Å²) in [5, 5.41) is 10.7. The molecule has 2 fully saturated rings. The number of anilines is 1. The number of allylic oxidation sites excluding steroid dienone is 4. The number of imide groups is 1. The molecule has 0 unspecified atom stereocenters. The number of nitrogens with zero attached hydrogens (tertiary/aromatic N) is 1. The molecule has 9 nitrogen and oxygen atoms in total. The summed E-state index contributed by atoms with van der Waals surface area (Å²) in [4.78, 5) is 61.1. The Bertz CT molecular complexity index is 2630. The van der Waals surface area contributed by atoms with Gasteiger partial charge in [0.25, 0.3) is 0 Å². The number of hydrogen-bond acceptors (Lipinski definition) is 8. The number of aromatic hydroxyl groups is 1. The van der Waals surface area contributed by atoms with Crippen LogP contribution in [-0.4, -0.2) is 49.8 Å². The molecule has 1 aliphatic heterocycles. The lowest BCUT2D eigenvalue weighted by molar-refractivity contribution is -0.135. The molecule has 300 valence electrons. The summed E-state index contributed by atoms with van der Waals surface area (Å²) in [5.74, 6) is -3.04. The molecule has 1 heterocycles. The van der Waals surface area contributed by atoms with Crippen LogP contribution < -0.4 is 19.1 Å². The van der Waals surface area contributed by atoms with Crippen molar-refractivity contribution in [2.24, 2.45) is 23.7 Å². The highest BCUT2D eigenvalue weighted by molar-refractivity contribution is 6.32. The summed E-state index contributed by atoms with van der Waals surface area (Å²) in [6.45, 7) is 0. The van der Waals surface area contributed by atoms with E-state index in [2.05, 4.69) is 0 Å². The summed E-state index contributed by atoms with van der Waals surface area (Å²) >= 11 is 0. The van der Waals surface area contributed by atoms with Crippen molar-refractivity contribution < 1.29 is 38.5 Å². The molecule has 0 aromatic heterocycles. The second kappa shape index (κ2) is 15.3. The van der Waals surface area contributed by atoms with E-state index >= 15 is 9.59 Å². The van der Waals surface area contributed by atoms with E-state index in [0.29, 0.717) is 39.4 Å². The largest absolute Gasteiger partial charge is 0.504 e.